The van der Waals surface area contributed by atoms with Gasteiger partial charge in [-0.05, 0) is 19.1 Å². The highest BCUT2D eigenvalue weighted by Crippen LogP contribution is 2.39. The minimum Gasteiger partial charge on any atom is -0.497 e. The molecular formula is C11H13NO3S. The van der Waals surface area contributed by atoms with E-state index in [1.807, 2.05) is 25.1 Å². The molecule has 4 nitrogen and oxygen atoms in total. The lowest BCUT2D eigenvalue weighted by molar-refractivity contribution is -0.136. The Morgan fingerprint density at radius 1 is 1.56 bits per heavy atom. The molecule has 2 atom stereocenters. The Morgan fingerprint density at radius 3 is 2.94 bits per heavy atom. The SMILES string of the molecule is COc1ccc2c(c1)NC(C)C(C(=O)O)S2. The summed E-state index contributed by atoms with van der Waals surface area (Å²) in [6, 6.07) is 5.51. The third-order valence-electron chi connectivity index (χ3n) is 2.52. The Balaban J connectivity index is 2.31. The summed E-state index contributed by atoms with van der Waals surface area (Å²) in [4.78, 5) is 12.0. The van der Waals surface area contributed by atoms with Crippen LogP contribution in [0.15, 0.2) is 23.1 Å². The molecule has 5 heteroatoms. The first-order valence-electron chi connectivity index (χ1n) is 4.96. The van der Waals surface area contributed by atoms with Crippen LogP contribution in [0.3, 0.4) is 0 Å². The molecule has 0 radical (unpaired) electrons. The third-order valence-corrected chi connectivity index (χ3v) is 4.00. The number of fused-ring (bicyclic) bond motifs is 1. The smallest absolute Gasteiger partial charge is 0.319 e. The zero-order chi connectivity index (χ0) is 11.7. The number of carboxylic acids is 1. The van der Waals surface area contributed by atoms with E-state index in [-0.39, 0.29) is 6.04 Å². The normalized spacial score (nSPS) is 23.1. The van der Waals surface area contributed by atoms with Gasteiger partial charge in [0, 0.05) is 17.0 Å². The topological polar surface area (TPSA) is 58.6 Å². The average molecular weight is 239 g/mol. The van der Waals surface area contributed by atoms with Crippen molar-refractivity contribution in [3.05, 3.63) is 18.2 Å². The lowest BCUT2D eigenvalue weighted by Crippen LogP contribution is -2.37. The van der Waals surface area contributed by atoms with E-state index in [2.05, 4.69) is 5.32 Å². The molecule has 2 rings (SSSR count). The molecule has 2 N–H and O–H groups in total. The molecule has 0 spiro atoms. The van der Waals surface area contributed by atoms with Gasteiger partial charge in [0.25, 0.3) is 0 Å². The van der Waals surface area contributed by atoms with Crippen molar-refractivity contribution in [1.82, 2.24) is 0 Å². The number of hydrogen-bond acceptors (Lipinski definition) is 4. The number of ether oxygens (including phenoxy) is 1. The molecule has 1 aromatic carbocycles. The van der Waals surface area contributed by atoms with Gasteiger partial charge in [-0.3, -0.25) is 4.79 Å². The summed E-state index contributed by atoms with van der Waals surface area (Å²) in [6.07, 6.45) is 0. The summed E-state index contributed by atoms with van der Waals surface area (Å²) in [5, 5.41) is 11.8. The van der Waals surface area contributed by atoms with Gasteiger partial charge in [-0.1, -0.05) is 0 Å². The zero-order valence-electron chi connectivity index (χ0n) is 9.06. The predicted molar refractivity (Wildman–Crippen MR) is 63.4 cm³/mol. The van der Waals surface area contributed by atoms with E-state index >= 15 is 0 Å². The number of aliphatic carboxylic acids is 1. The maximum absolute atomic E-state index is 11.0. The Labute approximate surface area is 98.0 Å². The summed E-state index contributed by atoms with van der Waals surface area (Å²) >= 11 is 1.37. The molecule has 1 aliphatic heterocycles. The Kier molecular flexibility index (Phi) is 2.96. The first-order valence-corrected chi connectivity index (χ1v) is 5.84. The molecule has 0 saturated carbocycles. The van der Waals surface area contributed by atoms with Gasteiger partial charge in [-0.15, -0.1) is 11.8 Å². The van der Waals surface area contributed by atoms with Crippen LogP contribution in [-0.2, 0) is 4.79 Å². The molecule has 86 valence electrons. The van der Waals surface area contributed by atoms with Gasteiger partial charge in [0.1, 0.15) is 11.0 Å². The quantitative estimate of drug-likeness (QED) is 0.827. The fourth-order valence-corrected chi connectivity index (χ4v) is 2.71. The molecule has 0 amide bonds. The number of carboxylic acid groups (broad SMARTS) is 1. The lowest BCUT2D eigenvalue weighted by atomic mass is 10.2. The van der Waals surface area contributed by atoms with Gasteiger partial charge in [0.15, 0.2) is 0 Å². The highest BCUT2D eigenvalue weighted by atomic mass is 32.2. The number of thioether (sulfide) groups is 1. The second-order valence-electron chi connectivity index (χ2n) is 3.67. The Hall–Kier alpha value is -1.36. The molecule has 0 aromatic heterocycles. The minimum atomic E-state index is -0.786. The standard InChI is InChI=1S/C11H13NO3S/c1-6-10(11(13)14)16-9-4-3-7(15-2)5-8(9)12-6/h3-6,10,12H,1-2H3,(H,13,14). The molecule has 1 aliphatic rings. The molecule has 0 saturated heterocycles. The van der Waals surface area contributed by atoms with Gasteiger partial charge >= 0.3 is 5.97 Å². The zero-order valence-corrected chi connectivity index (χ0v) is 9.88. The summed E-state index contributed by atoms with van der Waals surface area (Å²) < 4.78 is 5.12. The van der Waals surface area contributed by atoms with Crippen molar-refractivity contribution in [2.75, 3.05) is 12.4 Å². The molecule has 16 heavy (non-hydrogen) atoms. The number of carbonyl (C=O) groups is 1. The second kappa shape index (κ2) is 4.25. The van der Waals surface area contributed by atoms with Crippen LogP contribution in [0, 0.1) is 0 Å². The first kappa shape index (κ1) is 11.1. The van der Waals surface area contributed by atoms with E-state index in [1.165, 1.54) is 11.8 Å². The van der Waals surface area contributed by atoms with Crippen molar-refractivity contribution in [3.8, 4) is 5.75 Å². The summed E-state index contributed by atoms with van der Waals surface area (Å²) in [5.74, 6) is -0.0145. The number of methoxy groups -OCH3 is 1. The number of rotatable bonds is 2. The van der Waals surface area contributed by atoms with Gasteiger partial charge in [-0.2, -0.15) is 0 Å². The molecule has 0 fully saturated rings. The van der Waals surface area contributed by atoms with Crippen LogP contribution in [0.4, 0.5) is 5.69 Å². The summed E-state index contributed by atoms with van der Waals surface area (Å²) in [5.41, 5.74) is 0.939. The van der Waals surface area contributed by atoms with Crippen molar-refractivity contribution in [3.63, 3.8) is 0 Å². The van der Waals surface area contributed by atoms with Crippen LogP contribution in [-0.4, -0.2) is 29.5 Å². The predicted octanol–water partition coefficient (Wildman–Crippen LogP) is 2.05. The number of anilines is 1. The van der Waals surface area contributed by atoms with Crippen LogP contribution < -0.4 is 10.1 Å². The fraction of sp³-hybridized carbons (Fsp3) is 0.364. The number of benzene rings is 1. The highest BCUT2D eigenvalue weighted by Gasteiger charge is 2.31. The molecular weight excluding hydrogens is 226 g/mol. The first-order chi connectivity index (χ1) is 7.61. The molecule has 0 bridgehead atoms. The minimum absolute atomic E-state index is 0.0953. The van der Waals surface area contributed by atoms with Crippen LogP contribution in [0.25, 0.3) is 0 Å². The number of hydrogen-bond donors (Lipinski definition) is 2. The van der Waals surface area contributed by atoms with Gasteiger partial charge < -0.3 is 15.2 Å². The highest BCUT2D eigenvalue weighted by molar-refractivity contribution is 8.00. The third kappa shape index (κ3) is 1.95. The maximum atomic E-state index is 11.0. The van der Waals surface area contributed by atoms with Crippen LogP contribution in [0.5, 0.6) is 5.75 Å². The van der Waals surface area contributed by atoms with E-state index in [0.717, 1.165) is 16.3 Å². The maximum Gasteiger partial charge on any atom is 0.319 e. The van der Waals surface area contributed by atoms with E-state index in [0.29, 0.717) is 0 Å². The summed E-state index contributed by atoms with van der Waals surface area (Å²) in [6.45, 7) is 1.87. The monoisotopic (exact) mass is 239 g/mol. The van der Waals surface area contributed by atoms with Crippen LogP contribution in [0.2, 0.25) is 0 Å². The van der Waals surface area contributed by atoms with Gasteiger partial charge in [0.2, 0.25) is 0 Å². The van der Waals surface area contributed by atoms with Crippen LogP contribution in [0.1, 0.15) is 6.92 Å². The molecule has 0 aliphatic carbocycles. The van der Waals surface area contributed by atoms with Crippen molar-refractivity contribution >= 4 is 23.4 Å². The fourth-order valence-electron chi connectivity index (χ4n) is 1.68. The molecule has 1 heterocycles. The lowest BCUT2D eigenvalue weighted by Gasteiger charge is -2.29. The average Bonchev–Trinajstić information content (AvgIpc) is 2.27. The van der Waals surface area contributed by atoms with Gasteiger partial charge in [-0.25, -0.2) is 0 Å². The van der Waals surface area contributed by atoms with E-state index < -0.39 is 11.2 Å². The van der Waals surface area contributed by atoms with E-state index in [9.17, 15) is 4.79 Å². The number of nitrogens with one attached hydrogen (secondary N) is 1. The second-order valence-corrected chi connectivity index (χ2v) is 4.86. The molecule has 2 unspecified atom stereocenters. The van der Waals surface area contributed by atoms with E-state index in [1.54, 1.807) is 7.11 Å². The van der Waals surface area contributed by atoms with Crippen molar-refractivity contribution in [2.45, 2.75) is 23.1 Å². The van der Waals surface area contributed by atoms with Crippen LogP contribution >= 0.6 is 11.8 Å². The van der Waals surface area contributed by atoms with E-state index in [4.69, 9.17) is 9.84 Å². The van der Waals surface area contributed by atoms with Crippen molar-refractivity contribution in [2.24, 2.45) is 0 Å². The molecule has 1 aromatic rings. The Morgan fingerprint density at radius 2 is 2.31 bits per heavy atom. The van der Waals surface area contributed by atoms with Gasteiger partial charge in [0.05, 0.1) is 12.8 Å². The largest absolute Gasteiger partial charge is 0.497 e. The van der Waals surface area contributed by atoms with Crippen molar-refractivity contribution in [1.29, 1.82) is 0 Å². The Bertz CT molecular complexity index is 422. The summed E-state index contributed by atoms with van der Waals surface area (Å²) in [7, 11) is 1.61. The van der Waals surface area contributed by atoms with Crippen molar-refractivity contribution < 1.29 is 14.6 Å².